The van der Waals surface area contributed by atoms with E-state index in [1.807, 2.05) is 37.4 Å². The Kier molecular flexibility index (Phi) is 6.56. The summed E-state index contributed by atoms with van der Waals surface area (Å²) in [6.07, 6.45) is 2.04. The van der Waals surface area contributed by atoms with Gasteiger partial charge in [-0.25, -0.2) is 0 Å². The molecule has 1 N–H and O–H groups in total. The van der Waals surface area contributed by atoms with Crippen LogP contribution in [0.5, 0.6) is 0 Å². The molecular weight excluding hydrogens is 462 g/mol. The molecule has 1 aromatic heterocycles. The summed E-state index contributed by atoms with van der Waals surface area (Å²) in [5.74, 6) is -0.188. The van der Waals surface area contributed by atoms with Crippen molar-refractivity contribution in [3.05, 3.63) is 136 Å². The summed E-state index contributed by atoms with van der Waals surface area (Å²) < 4.78 is 2.18. The van der Waals surface area contributed by atoms with Crippen LogP contribution in [0.15, 0.2) is 103 Å². The number of fused-ring (bicyclic) bond motifs is 1. The molecule has 1 heterocycles. The number of aryl methyl sites for hydroxylation is 1. The van der Waals surface area contributed by atoms with Gasteiger partial charge in [0.2, 0.25) is 0 Å². The molecule has 0 saturated carbocycles. The first-order valence-electron chi connectivity index (χ1n) is 12.2. The largest absolute Gasteiger partial charge is 0.346 e. The molecule has 5 rings (SSSR count). The van der Waals surface area contributed by atoms with Gasteiger partial charge in [0.15, 0.2) is 0 Å². The van der Waals surface area contributed by atoms with Crippen LogP contribution < -0.4 is 5.32 Å². The Hall–Kier alpha value is -4.71. The fourth-order valence-electron chi connectivity index (χ4n) is 4.47. The number of hydrogen-bond acceptors (Lipinski definition) is 3. The van der Waals surface area contributed by atoms with E-state index in [4.69, 9.17) is 0 Å². The summed E-state index contributed by atoms with van der Waals surface area (Å²) in [5, 5.41) is 14.8. The van der Waals surface area contributed by atoms with Crippen LogP contribution in [0.2, 0.25) is 0 Å². The fraction of sp³-hybridized carbons (Fsp3) is 0.129. The van der Waals surface area contributed by atoms with Crippen molar-refractivity contribution in [2.24, 2.45) is 0 Å². The number of rotatable bonds is 7. The lowest BCUT2D eigenvalue weighted by Gasteiger charge is -2.14. The molecule has 184 valence electrons. The third-order valence-corrected chi connectivity index (χ3v) is 6.68. The molecule has 0 fully saturated rings. The van der Waals surface area contributed by atoms with Crippen molar-refractivity contribution in [1.29, 1.82) is 0 Å². The summed E-state index contributed by atoms with van der Waals surface area (Å²) in [5.41, 5.74) is 7.31. The zero-order valence-corrected chi connectivity index (χ0v) is 20.7. The van der Waals surface area contributed by atoms with Crippen molar-refractivity contribution in [1.82, 2.24) is 9.88 Å². The number of nitrogens with one attached hydrogen (secondary N) is 1. The van der Waals surface area contributed by atoms with Gasteiger partial charge in [0.05, 0.1) is 11.0 Å². The molecule has 6 nitrogen and oxygen atoms in total. The van der Waals surface area contributed by atoms with E-state index in [2.05, 4.69) is 65.3 Å². The normalized spacial score (nSPS) is 11.8. The van der Waals surface area contributed by atoms with E-state index < -0.39 is 4.92 Å². The van der Waals surface area contributed by atoms with E-state index >= 15 is 0 Å². The number of carbonyl (C=O) groups is 1. The van der Waals surface area contributed by atoms with Crippen molar-refractivity contribution in [3.63, 3.8) is 0 Å². The SMILES string of the molecule is Cc1ccc(-c2ccc(Cn3ccc4cc(C(=O)NC(C)c5ccc([N+](=O)[O-])cc5)ccc43)cc2)cc1. The second-order valence-electron chi connectivity index (χ2n) is 9.32. The molecular formula is C31H27N3O3. The molecule has 37 heavy (non-hydrogen) atoms. The van der Waals surface area contributed by atoms with Gasteiger partial charge in [-0.15, -0.1) is 0 Å². The van der Waals surface area contributed by atoms with Gasteiger partial charge in [-0.1, -0.05) is 66.2 Å². The highest BCUT2D eigenvalue weighted by Crippen LogP contribution is 2.23. The van der Waals surface area contributed by atoms with Crippen molar-refractivity contribution in [3.8, 4) is 11.1 Å². The van der Waals surface area contributed by atoms with E-state index in [-0.39, 0.29) is 17.6 Å². The van der Waals surface area contributed by atoms with Gasteiger partial charge < -0.3 is 9.88 Å². The molecule has 0 aliphatic rings. The first-order valence-corrected chi connectivity index (χ1v) is 12.2. The lowest BCUT2D eigenvalue weighted by atomic mass is 10.0. The Morgan fingerprint density at radius 2 is 1.54 bits per heavy atom. The molecule has 0 aliphatic heterocycles. The second kappa shape index (κ2) is 10.1. The fourth-order valence-corrected chi connectivity index (χ4v) is 4.47. The van der Waals surface area contributed by atoms with Crippen molar-refractivity contribution >= 4 is 22.5 Å². The smallest absolute Gasteiger partial charge is 0.269 e. The van der Waals surface area contributed by atoms with Crippen LogP contribution >= 0.6 is 0 Å². The first-order chi connectivity index (χ1) is 17.9. The number of aromatic nitrogens is 1. The summed E-state index contributed by atoms with van der Waals surface area (Å²) in [6.45, 7) is 4.69. The second-order valence-corrected chi connectivity index (χ2v) is 9.32. The molecule has 1 atom stereocenters. The Bertz CT molecular complexity index is 1570. The highest BCUT2D eigenvalue weighted by Gasteiger charge is 2.14. The number of non-ortho nitro benzene ring substituents is 1. The Labute approximate surface area is 215 Å². The molecule has 4 aromatic carbocycles. The molecule has 0 saturated heterocycles. The van der Waals surface area contributed by atoms with Gasteiger partial charge in [-0.2, -0.15) is 0 Å². The summed E-state index contributed by atoms with van der Waals surface area (Å²) in [7, 11) is 0. The van der Waals surface area contributed by atoms with Crippen molar-refractivity contribution < 1.29 is 9.72 Å². The number of nitrogens with zero attached hydrogens (tertiary/aromatic N) is 2. The van der Waals surface area contributed by atoms with Crippen LogP contribution in [-0.4, -0.2) is 15.4 Å². The zero-order valence-electron chi connectivity index (χ0n) is 20.7. The minimum absolute atomic E-state index is 0.0273. The third kappa shape index (κ3) is 5.28. The molecule has 0 bridgehead atoms. The van der Waals surface area contributed by atoms with Gasteiger partial charge in [-0.05, 0) is 60.4 Å². The standard InChI is InChI=1S/C31H27N3O3/c1-21-3-7-25(8-4-21)26-9-5-23(6-10-26)20-33-18-17-27-19-28(13-16-30(27)33)31(35)32-22(2)24-11-14-29(15-12-24)34(36)37/h3-19,22H,20H2,1-2H3,(H,32,35). The lowest BCUT2D eigenvalue weighted by Crippen LogP contribution is -2.26. The van der Waals surface area contributed by atoms with Crippen molar-refractivity contribution in [2.45, 2.75) is 26.4 Å². The number of amides is 1. The summed E-state index contributed by atoms with van der Waals surface area (Å²) >= 11 is 0. The quantitative estimate of drug-likeness (QED) is 0.196. The average Bonchev–Trinajstić information content (AvgIpc) is 3.31. The van der Waals surface area contributed by atoms with Crippen LogP contribution in [-0.2, 0) is 6.54 Å². The van der Waals surface area contributed by atoms with E-state index in [0.717, 1.165) is 23.0 Å². The van der Waals surface area contributed by atoms with Crippen molar-refractivity contribution in [2.75, 3.05) is 0 Å². The number of hydrogen-bond donors (Lipinski definition) is 1. The van der Waals surface area contributed by atoms with Crippen LogP contribution in [0.25, 0.3) is 22.0 Å². The summed E-state index contributed by atoms with van der Waals surface area (Å²) in [4.78, 5) is 23.3. The van der Waals surface area contributed by atoms with E-state index in [1.165, 1.54) is 34.4 Å². The van der Waals surface area contributed by atoms with Crippen LogP contribution in [0, 0.1) is 17.0 Å². The maximum atomic E-state index is 12.9. The minimum Gasteiger partial charge on any atom is -0.346 e. The maximum absolute atomic E-state index is 12.9. The zero-order chi connectivity index (χ0) is 25.9. The molecule has 1 amide bonds. The van der Waals surface area contributed by atoms with Gasteiger partial charge in [0.1, 0.15) is 0 Å². The first kappa shape index (κ1) is 24.0. The van der Waals surface area contributed by atoms with E-state index in [0.29, 0.717) is 5.56 Å². The Balaban J connectivity index is 1.27. The highest BCUT2D eigenvalue weighted by molar-refractivity contribution is 5.98. The molecule has 1 unspecified atom stereocenters. The molecule has 0 spiro atoms. The number of nitro benzene ring substituents is 1. The summed E-state index contributed by atoms with van der Waals surface area (Å²) in [6, 6.07) is 30.8. The van der Waals surface area contributed by atoms with Gasteiger partial charge in [0.25, 0.3) is 11.6 Å². The predicted octanol–water partition coefficient (Wildman–Crippen LogP) is 7.06. The topological polar surface area (TPSA) is 77.2 Å². The molecule has 0 aliphatic carbocycles. The van der Waals surface area contributed by atoms with Gasteiger partial charge in [0, 0.05) is 41.3 Å². The van der Waals surface area contributed by atoms with Gasteiger partial charge >= 0.3 is 0 Å². The Morgan fingerprint density at radius 1 is 0.892 bits per heavy atom. The van der Waals surface area contributed by atoms with E-state index in [1.54, 1.807) is 12.1 Å². The molecule has 5 aromatic rings. The third-order valence-electron chi connectivity index (χ3n) is 6.68. The van der Waals surface area contributed by atoms with Crippen LogP contribution in [0.3, 0.4) is 0 Å². The number of nitro groups is 1. The van der Waals surface area contributed by atoms with Crippen LogP contribution in [0.4, 0.5) is 5.69 Å². The number of benzene rings is 4. The molecule has 6 heteroatoms. The highest BCUT2D eigenvalue weighted by atomic mass is 16.6. The monoisotopic (exact) mass is 489 g/mol. The Morgan fingerprint density at radius 3 is 2.19 bits per heavy atom. The number of carbonyl (C=O) groups excluding carboxylic acids is 1. The molecule has 0 radical (unpaired) electrons. The maximum Gasteiger partial charge on any atom is 0.269 e. The van der Waals surface area contributed by atoms with Crippen LogP contribution in [0.1, 0.15) is 40.0 Å². The average molecular weight is 490 g/mol. The van der Waals surface area contributed by atoms with Gasteiger partial charge in [-0.3, -0.25) is 14.9 Å². The lowest BCUT2D eigenvalue weighted by molar-refractivity contribution is -0.384. The van der Waals surface area contributed by atoms with E-state index in [9.17, 15) is 14.9 Å². The predicted molar refractivity (Wildman–Crippen MR) is 147 cm³/mol. The minimum atomic E-state index is -0.436.